The van der Waals surface area contributed by atoms with Crippen LogP contribution in [0.5, 0.6) is 0 Å². The molecule has 0 atom stereocenters. The number of hydrogen-bond acceptors (Lipinski definition) is 4. The number of carbonyl (C=O) groups is 1. The summed E-state index contributed by atoms with van der Waals surface area (Å²) in [5, 5.41) is 6.78. The Hall–Kier alpha value is -1.59. The number of rotatable bonds is 5. The maximum atomic E-state index is 11.6. The highest BCUT2D eigenvalue weighted by molar-refractivity contribution is 5.75. The molecule has 2 rings (SSSR count). The molecule has 0 bridgehead atoms. The van der Waals surface area contributed by atoms with Crippen molar-refractivity contribution in [2.75, 3.05) is 12.3 Å². The third-order valence-electron chi connectivity index (χ3n) is 3.23. The minimum absolute atomic E-state index is 0.0374. The van der Waals surface area contributed by atoms with Gasteiger partial charge in [-0.2, -0.15) is 0 Å². The third-order valence-corrected chi connectivity index (χ3v) is 3.23. The van der Waals surface area contributed by atoms with Crippen molar-refractivity contribution >= 4 is 11.9 Å². The Bertz CT molecular complexity index is 382. The second kappa shape index (κ2) is 4.11. The van der Waals surface area contributed by atoms with E-state index in [4.69, 9.17) is 5.73 Å². The van der Waals surface area contributed by atoms with Crippen molar-refractivity contribution in [3.8, 4) is 0 Å². The quantitative estimate of drug-likeness (QED) is 0.745. The molecule has 1 aromatic rings. The molecule has 1 heterocycles. The Kier molecular flexibility index (Phi) is 2.80. The molecule has 1 fully saturated rings. The van der Waals surface area contributed by atoms with Crippen LogP contribution in [0.2, 0.25) is 0 Å². The molecule has 0 unspecified atom stereocenters. The van der Waals surface area contributed by atoms with E-state index >= 15 is 0 Å². The molecule has 16 heavy (non-hydrogen) atoms. The molecule has 1 aliphatic rings. The van der Waals surface area contributed by atoms with Crippen LogP contribution in [0, 0.1) is 5.41 Å². The van der Waals surface area contributed by atoms with E-state index in [0.717, 1.165) is 13.0 Å². The number of anilines is 1. The van der Waals surface area contributed by atoms with Crippen LogP contribution in [0.3, 0.4) is 0 Å². The number of hydrogen-bond donors (Lipinski definition) is 2. The molecule has 0 saturated heterocycles. The average Bonchev–Trinajstić information content (AvgIpc) is 2.95. The van der Waals surface area contributed by atoms with Gasteiger partial charge in [0, 0.05) is 6.54 Å². The molecule has 88 valence electrons. The van der Waals surface area contributed by atoms with Gasteiger partial charge in [-0.05, 0) is 24.7 Å². The number of nitrogens with zero attached hydrogens (tertiary/aromatic N) is 3. The second-order valence-corrected chi connectivity index (χ2v) is 4.43. The zero-order chi connectivity index (χ0) is 11.6. The lowest BCUT2D eigenvalue weighted by Crippen LogP contribution is -2.32. The summed E-state index contributed by atoms with van der Waals surface area (Å²) in [7, 11) is 0. The number of carbonyl (C=O) groups excluding carboxylic acids is 1. The normalized spacial score (nSPS) is 17.1. The number of nitrogen functional groups attached to an aromatic ring is 1. The molecule has 6 heteroatoms. The van der Waals surface area contributed by atoms with Gasteiger partial charge in [0.05, 0.1) is 0 Å². The molecule has 0 aromatic carbocycles. The summed E-state index contributed by atoms with van der Waals surface area (Å²) in [5.41, 5.74) is 5.73. The standard InChI is InChI=1S/C10H17N5O/c1-2-10(3-4-10)6-12-8(16)5-15-7-13-9(11)14-15/h7H,2-6H2,1H3,(H2,11,14)(H,12,16). The van der Waals surface area contributed by atoms with Gasteiger partial charge in [0.25, 0.3) is 0 Å². The molecular weight excluding hydrogens is 206 g/mol. The van der Waals surface area contributed by atoms with E-state index in [1.807, 2.05) is 0 Å². The molecule has 6 nitrogen and oxygen atoms in total. The monoisotopic (exact) mass is 223 g/mol. The predicted molar refractivity (Wildman–Crippen MR) is 59.4 cm³/mol. The van der Waals surface area contributed by atoms with Crippen molar-refractivity contribution in [2.45, 2.75) is 32.7 Å². The Morgan fingerprint density at radius 1 is 1.69 bits per heavy atom. The third kappa shape index (κ3) is 2.50. The summed E-state index contributed by atoms with van der Waals surface area (Å²) >= 11 is 0. The summed E-state index contributed by atoms with van der Waals surface area (Å²) in [4.78, 5) is 15.3. The van der Waals surface area contributed by atoms with Crippen LogP contribution in [0.4, 0.5) is 5.95 Å². The van der Waals surface area contributed by atoms with E-state index in [-0.39, 0.29) is 18.4 Å². The van der Waals surface area contributed by atoms with Gasteiger partial charge in [-0.25, -0.2) is 9.67 Å². The highest BCUT2D eigenvalue weighted by Gasteiger charge is 2.40. The van der Waals surface area contributed by atoms with Gasteiger partial charge < -0.3 is 11.1 Å². The summed E-state index contributed by atoms with van der Waals surface area (Å²) in [6, 6.07) is 0. The summed E-state index contributed by atoms with van der Waals surface area (Å²) < 4.78 is 1.44. The zero-order valence-corrected chi connectivity index (χ0v) is 9.44. The van der Waals surface area contributed by atoms with Gasteiger partial charge in [0.1, 0.15) is 12.9 Å². The maximum Gasteiger partial charge on any atom is 0.241 e. The predicted octanol–water partition coefficient (Wildman–Crippen LogP) is 0.167. The van der Waals surface area contributed by atoms with Gasteiger partial charge in [-0.1, -0.05) is 6.92 Å². The Balaban J connectivity index is 1.76. The summed E-state index contributed by atoms with van der Waals surface area (Å²) in [6.45, 7) is 3.12. The van der Waals surface area contributed by atoms with E-state index < -0.39 is 0 Å². The summed E-state index contributed by atoms with van der Waals surface area (Å²) in [6.07, 6.45) is 5.03. The van der Waals surface area contributed by atoms with E-state index in [9.17, 15) is 4.79 Å². The number of nitrogens with one attached hydrogen (secondary N) is 1. The minimum Gasteiger partial charge on any atom is -0.367 e. The van der Waals surface area contributed by atoms with Gasteiger partial charge in [-0.15, -0.1) is 5.10 Å². The topological polar surface area (TPSA) is 85.8 Å². The van der Waals surface area contributed by atoms with Crippen LogP contribution >= 0.6 is 0 Å². The molecule has 0 spiro atoms. The lowest BCUT2D eigenvalue weighted by molar-refractivity contribution is -0.122. The van der Waals surface area contributed by atoms with Crippen molar-refractivity contribution in [2.24, 2.45) is 5.41 Å². The average molecular weight is 223 g/mol. The SMILES string of the molecule is CCC1(CNC(=O)Cn2cnc(N)n2)CC1. The maximum absolute atomic E-state index is 11.6. The fraction of sp³-hybridized carbons (Fsp3) is 0.700. The molecule has 0 radical (unpaired) electrons. The first kappa shape index (κ1) is 10.9. The second-order valence-electron chi connectivity index (χ2n) is 4.43. The van der Waals surface area contributed by atoms with Gasteiger partial charge >= 0.3 is 0 Å². The first-order valence-electron chi connectivity index (χ1n) is 5.55. The Morgan fingerprint density at radius 3 is 2.94 bits per heavy atom. The number of amides is 1. The Morgan fingerprint density at radius 2 is 2.44 bits per heavy atom. The Labute approximate surface area is 94.2 Å². The lowest BCUT2D eigenvalue weighted by Gasteiger charge is -2.13. The largest absolute Gasteiger partial charge is 0.367 e. The molecule has 3 N–H and O–H groups in total. The van der Waals surface area contributed by atoms with Gasteiger partial charge in [-0.3, -0.25) is 4.79 Å². The first-order valence-corrected chi connectivity index (χ1v) is 5.55. The molecular formula is C10H17N5O. The van der Waals surface area contributed by atoms with Crippen molar-refractivity contribution in [3.05, 3.63) is 6.33 Å². The van der Waals surface area contributed by atoms with Crippen LogP contribution in [0.1, 0.15) is 26.2 Å². The molecule has 1 aliphatic carbocycles. The van der Waals surface area contributed by atoms with E-state index in [0.29, 0.717) is 5.41 Å². The highest BCUT2D eigenvalue weighted by atomic mass is 16.2. The van der Waals surface area contributed by atoms with E-state index in [1.165, 1.54) is 23.9 Å². The van der Waals surface area contributed by atoms with Crippen molar-refractivity contribution < 1.29 is 4.79 Å². The van der Waals surface area contributed by atoms with Crippen LogP contribution in [-0.4, -0.2) is 27.2 Å². The lowest BCUT2D eigenvalue weighted by atomic mass is 10.0. The van der Waals surface area contributed by atoms with Crippen molar-refractivity contribution in [1.82, 2.24) is 20.1 Å². The number of nitrogens with two attached hydrogens (primary N) is 1. The highest BCUT2D eigenvalue weighted by Crippen LogP contribution is 2.47. The smallest absolute Gasteiger partial charge is 0.241 e. The van der Waals surface area contributed by atoms with Gasteiger partial charge in [0.2, 0.25) is 11.9 Å². The van der Waals surface area contributed by atoms with Gasteiger partial charge in [0.15, 0.2) is 0 Å². The fourth-order valence-electron chi connectivity index (χ4n) is 1.71. The molecule has 1 saturated carbocycles. The molecule has 1 amide bonds. The first-order chi connectivity index (χ1) is 7.63. The van der Waals surface area contributed by atoms with Crippen LogP contribution in [0.15, 0.2) is 6.33 Å². The fourth-order valence-corrected chi connectivity index (χ4v) is 1.71. The van der Waals surface area contributed by atoms with Crippen LogP contribution in [-0.2, 0) is 11.3 Å². The van der Waals surface area contributed by atoms with E-state index in [1.54, 1.807) is 0 Å². The van der Waals surface area contributed by atoms with Crippen molar-refractivity contribution in [1.29, 1.82) is 0 Å². The van der Waals surface area contributed by atoms with E-state index in [2.05, 4.69) is 22.3 Å². The van der Waals surface area contributed by atoms with Crippen molar-refractivity contribution in [3.63, 3.8) is 0 Å². The number of aromatic nitrogens is 3. The zero-order valence-electron chi connectivity index (χ0n) is 9.44. The van der Waals surface area contributed by atoms with Crippen LogP contribution in [0.25, 0.3) is 0 Å². The molecule has 1 aromatic heterocycles. The van der Waals surface area contributed by atoms with Crippen LogP contribution < -0.4 is 11.1 Å². The molecule has 0 aliphatic heterocycles. The minimum atomic E-state index is -0.0374. The summed E-state index contributed by atoms with van der Waals surface area (Å²) in [5.74, 6) is 0.157.